The Bertz CT molecular complexity index is 358. The van der Waals surface area contributed by atoms with E-state index in [0.717, 1.165) is 19.3 Å². The maximum atomic E-state index is 11.1. The molecule has 1 aliphatic heterocycles. The molecule has 1 saturated heterocycles. The molecule has 2 atom stereocenters. The van der Waals surface area contributed by atoms with E-state index in [-0.39, 0.29) is 18.0 Å². The first-order valence-electron chi connectivity index (χ1n) is 6.43. The molecule has 0 unspecified atom stereocenters. The van der Waals surface area contributed by atoms with Crippen LogP contribution in [0.15, 0.2) is 30.3 Å². The lowest BCUT2D eigenvalue weighted by atomic mass is 9.97. The first-order chi connectivity index (χ1) is 8.24. The van der Waals surface area contributed by atoms with Crippen LogP contribution in [0.25, 0.3) is 0 Å². The zero-order chi connectivity index (χ0) is 12.1. The van der Waals surface area contributed by atoms with E-state index in [9.17, 15) is 4.79 Å². The Hall–Kier alpha value is -1.15. The summed E-state index contributed by atoms with van der Waals surface area (Å²) in [4.78, 5) is 11.1. The summed E-state index contributed by atoms with van der Waals surface area (Å²) < 4.78 is 5.98. The van der Waals surface area contributed by atoms with Crippen molar-refractivity contribution in [2.75, 3.05) is 0 Å². The molecule has 2 heteroatoms. The largest absolute Gasteiger partial charge is 0.374 e. The lowest BCUT2D eigenvalue weighted by Gasteiger charge is -2.29. The van der Waals surface area contributed by atoms with E-state index in [1.165, 1.54) is 12.0 Å². The average molecular weight is 232 g/mol. The number of ketones is 1. The Kier molecular flexibility index (Phi) is 4.32. The second-order valence-corrected chi connectivity index (χ2v) is 4.91. The van der Waals surface area contributed by atoms with Gasteiger partial charge in [-0.1, -0.05) is 30.3 Å². The number of hydrogen-bond acceptors (Lipinski definition) is 2. The molecule has 92 valence electrons. The van der Waals surface area contributed by atoms with E-state index >= 15 is 0 Å². The van der Waals surface area contributed by atoms with E-state index in [0.29, 0.717) is 6.42 Å². The van der Waals surface area contributed by atoms with Crippen LogP contribution in [0, 0.1) is 0 Å². The predicted octanol–water partition coefficient (Wildman–Crippen LogP) is 3.15. The molecule has 2 rings (SSSR count). The molecule has 2 nitrogen and oxygen atoms in total. The topological polar surface area (TPSA) is 26.3 Å². The van der Waals surface area contributed by atoms with Crippen molar-refractivity contribution in [1.82, 2.24) is 0 Å². The van der Waals surface area contributed by atoms with Crippen LogP contribution in [0.3, 0.4) is 0 Å². The molecule has 17 heavy (non-hydrogen) atoms. The number of benzene rings is 1. The number of carbonyl (C=O) groups excluding carboxylic acids is 1. The third-order valence-corrected chi connectivity index (χ3v) is 3.26. The highest BCUT2D eigenvalue weighted by Crippen LogP contribution is 2.23. The summed E-state index contributed by atoms with van der Waals surface area (Å²) in [6.07, 6.45) is 5.30. The fraction of sp³-hybridized carbons (Fsp3) is 0.533. The molecule has 0 aliphatic carbocycles. The van der Waals surface area contributed by atoms with Gasteiger partial charge in [0.25, 0.3) is 0 Å². The van der Waals surface area contributed by atoms with Gasteiger partial charge in [-0.25, -0.2) is 0 Å². The van der Waals surface area contributed by atoms with Gasteiger partial charge in [0.15, 0.2) is 0 Å². The highest BCUT2D eigenvalue weighted by atomic mass is 16.5. The number of ether oxygens (including phenoxy) is 1. The molecule has 0 spiro atoms. The van der Waals surface area contributed by atoms with Gasteiger partial charge in [-0.05, 0) is 38.2 Å². The maximum absolute atomic E-state index is 11.1. The van der Waals surface area contributed by atoms with Gasteiger partial charge in [0.1, 0.15) is 5.78 Å². The highest BCUT2D eigenvalue weighted by molar-refractivity contribution is 5.75. The normalized spacial score (nSPS) is 24.5. The lowest BCUT2D eigenvalue weighted by molar-refractivity contribution is -0.123. The second-order valence-electron chi connectivity index (χ2n) is 4.91. The average Bonchev–Trinajstić information content (AvgIpc) is 2.30. The van der Waals surface area contributed by atoms with Crippen LogP contribution in [0.4, 0.5) is 0 Å². The van der Waals surface area contributed by atoms with Gasteiger partial charge in [-0.2, -0.15) is 0 Å². The summed E-state index contributed by atoms with van der Waals surface area (Å²) in [6, 6.07) is 10.4. The molecule has 0 bridgehead atoms. The third-order valence-electron chi connectivity index (χ3n) is 3.26. The van der Waals surface area contributed by atoms with Crippen LogP contribution in [-0.2, 0) is 16.0 Å². The Balaban J connectivity index is 1.87. The van der Waals surface area contributed by atoms with Gasteiger partial charge in [0.2, 0.25) is 0 Å². The predicted molar refractivity (Wildman–Crippen MR) is 68.0 cm³/mol. The fourth-order valence-corrected chi connectivity index (χ4v) is 2.48. The molecular weight excluding hydrogens is 212 g/mol. The molecule has 1 aromatic carbocycles. The summed E-state index contributed by atoms with van der Waals surface area (Å²) in [6.45, 7) is 1.64. The maximum Gasteiger partial charge on any atom is 0.132 e. The smallest absolute Gasteiger partial charge is 0.132 e. The molecule has 0 amide bonds. The number of hydrogen-bond donors (Lipinski definition) is 0. The van der Waals surface area contributed by atoms with Crippen molar-refractivity contribution in [2.24, 2.45) is 0 Å². The summed E-state index contributed by atoms with van der Waals surface area (Å²) in [5.41, 5.74) is 1.32. The summed E-state index contributed by atoms with van der Waals surface area (Å²) in [7, 11) is 0. The van der Waals surface area contributed by atoms with Crippen LogP contribution < -0.4 is 0 Å². The van der Waals surface area contributed by atoms with Crippen molar-refractivity contribution in [2.45, 2.75) is 51.2 Å². The van der Waals surface area contributed by atoms with Crippen LogP contribution in [0.1, 0.15) is 38.2 Å². The molecule has 1 aromatic rings. The minimum atomic E-state index is 0.148. The van der Waals surface area contributed by atoms with E-state index in [4.69, 9.17) is 4.74 Å². The standard InChI is InChI=1S/C15H20O2/c1-12(16)10-14-8-5-9-15(17-14)11-13-6-3-2-4-7-13/h2-4,6-7,14-15H,5,8-11H2,1H3/t14-,15-/m0/s1. The molecular formula is C15H20O2. The van der Waals surface area contributed by atoms with Gasteiger partial charge < -0.3 is 4.74 Å². The SMILES string of the molecule is CC(=O)C[C@@H]1CCC[C@@H](Cc2ccccc2)O1. The van der Waals surface area contributed by atoms with Crippen molar-refractivity contribution in [1.29, 1.82) is 0 Å². The number of rotatable bonds is 4. The summed E-state index contributed by atoms with van der Waals surface area (Å²) in [5.74, 6) is 0.232. The summed E-state index contributed by atoms with van der Waals surface area (Å²) >= 11 is 0. The lowest BCUT2D eigenvalue weighted by Crippen LogP contribution is -2.30. The molecule has 0 aromatic heterocycles. The first kappa shape index (κ1) is 12.3. The quantitative estimate of drug-likeness (QED) is 0.797. The minimum absolute atomic E-state index is 0.148. The first-order valence-corrected chi connectivity index (χ1v) is 6.43. The molecule has 1 heterocycles. The Labute approximate surface area is 103 Å². The van der Waals surface area contributed by atoms with Crippen LogP contribution >= 0.6 is 0 Å². The molecule has 0 radical (unpaired) electrons. The zero-order valence-corrected chi connectivity index (χ0v) is 10.4. The fourth-order valence-electron chi connectivity index (χ4n) is 2.48. The molecule has 1 aliphatic rings. The van der Waals surface area contributed by atoms with Crippen molar-refractivity contribution in [3.63, 3.8) is 0 Å². The van der Waals surface area contributed by atoms with Gasteiger partial charge in [0.05, 0.1) is 12.2 Å². The van der Waals surface area contributed by atoms with Crippen molar-refractivity contribution < 1.29 is 9.53 Å². The summed E-state index contributed by atoms with van der Waals surface area (Å²) in [5, 5.41) is 0. The second kappa shape index (κ2) is 5.97. The monoisotopic (exact) mass is 232 g/mol. The van der Waals surface area contributed by atoms with E-state index in [1.807, 2.05) is 6.07 Å². The van der Waals surface area contributed by atoms with E-state index < -0.39 is 0 Å². The van der Waals surface area contributed by atoms with E-state index in [1.54, 1.807) is 6.92 Å². The Morgan fingerprint density at radius 1 is 1.24 bits per heavy atom. The van der Waals surface area contributed by atoms with Crippen LogP contribution in [-0.4, -0.2) is 18.0 Å². The van der Waals surface area contributed by atoms with Crippen molar-refractivity contribution >= 4 is 5.78 Å². The van der Waals surface area contributed by atoms with Gasteiger partial charge in [0, 0.05) is 6.42 Å². The Morgan fingerprint density at radius 3 is 2.65 bits per heavy atom. The third kappa shape index (κ3) is 3.97. The van der Waals surface area contributed by atoms with Crippen LogP contribution in [0.2, 0.25) is 0 Å². The Morgan fingerprint density at radius 2 is 1.94 bits per heavy atom. The minimum Gasteiger partial charge on any atom is -0.374 e. The van der Waals surface area contributed by atoms with E-state index in [2.05, 4.69) is 24.3 Å². The van der Waals surface area contributed by atoms with Gasteiger partial charge in [-0.15, -0.1) is 0 Å². The zero-order valence-electron chi connectivity index (χ0n) is 10.4. The molecule has 0 N–H and O–H groups in total. The number of carbonyl (C=O) groups is 1. The number of Topliss-reactive ketones (excluding diaryl/α,β-unsaturated/α-hetero) is 1. The van der Waals surface area contributed by atoms with Crippen molar-refractivity contribution in [3.8, 4) is 0 Å². The molecule has 0 saturated carbocycles. The molecule has 1 fully saturated rings. The van der Waals surface area contributed by atoms with Gasteiger partial charge in [-0.3, -0.25) is 4.79 Å². The van der Waals surface area contributed by atoms with Gasteiger partial charge >= 0.3 is 0 Å². The highest BCUT2D eigenvalue weighted by Gasteiger charge is 2.23. The van der Waals surface area contributed by atoms with Crippen LogP contribution in [0.5, 0.6) is 0 Å². The van der Waals surface area contributed by atoms with Crippen molar-refractivity contribution in [3.05, 3.63) is 35.9 Å².